The van der Waals surface area contributed by atoms with Crippen LogP contribution in [0, 0.1) is 13.0 Å². The summed E-state index contributed by atoms with van der Waals surface area (Å²) in [5.41, 5.74) is 0. The predicted molar refractivity (Wildman–Crippen MR) is 33.3 cm³/mol. The lowest BCUT2D eigenvalue weighted by Gasteiger charge is -2.07. The third-order valence-electron chi connectivity index (χ3n) is 1.47. The number of rotatable bonds is 4. The Bertz CT molecular complexity index is 39.7. The molecule has 0 aromatic rings. The number of hydrogen-bond acceptors (Lipinski definition) is 1. The van der Waals surface area contributed by atoms with E-state index in [2.05, 4.69) is 18.6 Å². The van der Waals surface area contributed by atoms with Crippen LogP contribution in [-0.4, -0.2) is 6.61 Å². The Morgan fingerprint density at radius 3 is 2.00 bits per heavy atom. The fourth-order valence-corrected chi connectivity index (χ4v) is 0.642. The van der Waals surface area contributed by atoms with Crippen LogP contribution >= 0.6 is 0 Å². The molecule has 0 fully saturated rings. The van der Waals surface area contributed by atoms with E-state index in [0.717, 1.165) is 12.8 Å². The fraction of sp³-hybridized carbons (Fsp3) is 0.857. The van der Waals surface area contributed by atoms with E-state index < -0.39 is 0 Å². The molecule has 0 N–H and O–H groups in total. The first-order valence-corrected chi connectivity index (χ1v) is 3.13. The highest BCUT2D eigenvalue weighted by molar-refractivity contribution is 4.50. The molecule has 0 saturated heterocycles. The summed E-state index contributed by atoms with van der Waals surface area (Å²) >= 11 is 0. The Balaban J connectivity index is 3.07. The zero-order valence-corrected chi connectivity index (χ0v) is 5.61. The standard InChI is InChI=1S/C7H13O/c1-4-7(5-2)6-8-3/h7H,4-6H2,1-2H3. The molecular formula is C7H13O. The summed E-state index contributed by atoms with van der Waals surface area (Å²) in [7, 11) is 6.44. The third-order valence-corrected chi connectivity index (χ3v) is 1.47. The van der Waals surface area contributed by atoms with Gasteiger partial charge in [-0.15, -0.1) is 0 Å². The van der Waals surface area contributed by atoms with Gasteiger partial charge in [-0.1, -0.05) is 26.7 Å². The molecule has 3 radical (unpaired) electrons. The molecule has 1 nitrogen and oxygen atoms in total. The van der Waals surface area contributed by atoms with E-state index in [-0.39, 0.29) is 0 Å². The van der Waals surface area contributed by atoms with E-state index >= 15 is 0 Å². The average Bonchev–Trinajstić information content (AvgIpc) is 1.83. The molecule has 1 heteroatoms. The molecule has 0 rings (SSSR count). The van der Waals surface area contributed by atoms with Crippen LogP contribution in [-0.2, 0) is 4.74 Å². The molecule has 0 aliphatic rings. The summed E-state index contributed by atoms with van der Waals surface area (Å²) in [6.45, 7) is 4.83. The van der Waals surface area contributed by atoms with E-state index in [1.54, 1.807) is 0 Å². The summed E-state index contributed by atoms with van der Waals surface area (Å²) < 4.78 is 4.24. The Hall–Kier alpha value is -0.0400. The van der Waals surface area contributed by atoms with Crippen molar-refractivity contribution in [1.82, 2.24) is 0 Å². The largest absolute Gasteiger partial charge is 0.365 e. The van der Waals surface area contributed by atoms with Crippen molar-refractivity contribution in [1.29, 1.82) is 0 Å². The van der Waals surface area contributed by atoms with Crippen molar-refractivity contribution in [3.8, 4) is 0 Å². The van der Waals surface area contributed by atoms with E-state index in [1.165, 1.54) is 0 Å². The topological polar surface area (TPSA) is 9.23 Å². The second-order valence-corrected chi connectivity index (χ2v) is 1.99. The second kappa shape index (κ2) is 5.10. The van der Waals surface area contributed by atoms with Gasteiger partial charge in [0.15, 0.2) is 7.11 Å². The molecule has 0 amide bonds. The summed E-state index contributed by atoms with van der Waals surface area (Å²) in [6.07, 6.45) is 2.24. The van der Waals surface area contributed by atoms with Gasteiger partial charge < -0.3 is 4.74 Å². The molecule has 0 heterocycles. The van der Waals surface area contributed by atoms with E-state index in [4.69, 9.17) is 7.11 Å². The SMILES string of the molecule is [C]OCC(CC)CC. The van der Waals surface area contributed by atoms with Crippen LogP contribution in [0.4, 0.5) is 0 Å². The van der Waals surface area contributed by atoms with Crippen LogP contribution < -0.4 is 0 Å². The predicted octanol–water partition coefficient (Wildman–Crippen LogP) is 1.98. The van der Waals surface area contributed by atoms with Crippen molar-refractivity contribution >= 4 is 0 Å². The van der Waals surface area contributed by atoms with Gasteiger partial charge in [-0.3, -0.25) is 0 Å². The van der Waals surface area contributed by atoms with Crippen molar-refractivity contribution in [2.45, 2.75) is 26.7 Å². The number of ether oxygens (including phenoxy) is 1. The van der Waals surface area contributed by atoms with E-state index in [0.29, 0.717) is 12.5 Å². The molecule has 0 unspecified atom stereocenters. The van der Waals surface area contributed by atoms with Gasteiger partial charge in [0.2, 0.25) is 0 Å². The van der Waals surface area contributed by atoms with Gasteiger partial charge in [0.1, 0.15) is 0 Å². The van der Waals surface area contributed by atoms with Crippen LogP contribution in [0.2, 0.25) is 0 Å². The van der Waals surface area contributed by atoms with Gasteiger partial charge in [-0.2, -0.15) is 0 Å². The molecule has 0 aromatic carbocycles. The zero-order valence-electron chi connectivity index (χ0n) is 5.61. The third kappa shape index (κ3) is 3.03. The molecule has 0 aromatic heterocycles. The van der Waals surface area contributed by atoms with Gasteiger partial charge in [-0.05, 0) is 5.92 Å². The van der Waals surface area contributed by atoms with E-state index in [1.807, 2.05) is 0 Å². The second-order valence-electron chi connectivity index (χ2n) is 1.99. The highest BCUT2D eigenvalue weighted by Crippen LogP contribution is 2.06. The molecule has 0 saturated carbocycles. The van der Waals surface area contributed by atoms with Crippen molar-refractivity contribution in [3.63, 3.8) is 0 Å². The lowest BCUT2D eigenvalue weighted by atomic mass is 10.1. The Morgan fingerprint density at radius 2 is 1.88 bits per heavy atom. The van der Waals surface area contributed by atoms with Gasteiger partial charge in [-0.25, -0.2) is 0 Å². The molecule has 47 valence electrons. The molecule has 0 aliphatic heterocycles. The maximum atomic E-state index is 6.44. The highest BCUT2D eigenvalue weighted by atomic mass is 16.5. The van der Waals surface area contributed by atoms with Crippen LogP contribution in [0.5, 0.6) is 0 Å². The van der Waals surface area contributed by atoms with E-state index in [9.17, 15) is 0 Å². The minimum atomic E-state index is 0.590. The quantitative estimate of drug-likeness (QED) is 0.541. The van der Waals surface area contributed by atoms with Crippen molar-refractivity contribution < 1.29 is 4.74 Å². The van der Waals surface area contributed by atoms with Crippen LogP contribution in [0.15, 0.2) is 0 Å². The van der Waals surface area contributed by atoms with Gasteiger partial charge in [0.05, 0.1) is 6.61 Å². The first kappa shape index (κ1) is 7.96. The molecular weight excluding hydrogens is 100 g/mol. The summed E-state index contributed by atoms with van der Waals surface area (Å²) in [4.78, 5) is 0. The maximum absolute atomic E-state index is 6.44. The van der Waals surface area contributed by atoms with Crippen LogP contribution in [0.3, 0.4) is 0 Å². The van der Waals surface area contributed by atoms with Gasteiger partial charge in [0, 0.05) is 0 Å². The Morgan fingerprint density at radius 1 is 1.38 bits per heavy atom. The Labute approximate surface area is 52.0 Å². The fourth-order valence-electron chi connectivity index (χ4n) is 0.642. The zero-order chi connectivity index (χ0) is 6.41. The normalized spacial score (nSPS) is 10.5. The molecule has 8 heavy (non-hydrogen) atoms. The van der Waals surface area contributed by atoms with Crippen LogP contribution in [0.1, 0.15) is 26.7 Å². The van der Waals surface area contributed by atoms with Gasteiger partial charge >= 0.3 is 0 Å². The molecule has 0 spiro atoms. The summed E-state index contributed by atoms with van der Waals surface area (Å²) in [5, 5.41) is 0. The van der Waals surface area contributed by atoms with Crippen molar-refractivity contribution in [2.24, 2.45) is 5.92 Å². The Kier molecular flexibility index (Phi) is 5.08. The molecule has 0 atom stereocenters. The molecule has 0 bridgehead atoms. The minimum Gasteiger partial charge on any atom is -0.365 e. The van der Waals surface area contributed by atoms with Crippen molar-refractivity contribution in [3.05, 3.63) is 7.11 Å². The maximum Gasteiger partial charge on any atom is 0.173 e. The monoisotopic (exact) mass is 113 g/mol. The first-order valence-electron chi connectivity index (χ1n) is 3.13. The molecule has 0 aliphatic carbocycles. The first-order chi connectivity index (χ1) is 3.85. The summed E-state index contributed by atoms with van der Waals surface area (Å²) in [5.74, 6) is 0.590. The smallest absolute Gasteiger partial charge is 0.173 e. The summed E-state index contributed by atoms with van der Waals surface area (Å²) in [6, 6.07) is 0. The average molecular weight is 113 g/mol. The van der Waals surface area contributed by atoms with Crippen LogP contribution in [0.25, 0.3) is 0 Å². The highest BCUT2D eigenvalue weighted by Gasteiger charge is 1.99. The lowest BCUT2D eigenvalue weighted by Crippen LogP contribution is -2.03. The minimum absolute atomic E-state index is 0.590. The van der Waals surface area contributed by atoms with Gasteiger partial charge in [0.25, 0.3) is 0 Å². The lowest BCUT2D eigenvalue weighted by molar-refractivity contribution is 0.182. The number of hydrogen-bond donors (Lipinski definition) is 0. The van der Waals surface area contributed by atoms with Crippen molar-refractivity contribution in [2.75, 3.05) is 6.61 Å².